The molecule has 0 radical (unpaired) electrons. The molecule has 0 saturated carbocycles. The van der Waals surface area contributed by atoms with E-state index in [0.717, 1.165) is 4.47 Å². The zero-order valence-corrected chi connectivity index (χ0v) is 12.3. The van der Waals surface area contributed by atoms with Crippen LogP contribution >= 0.6 is 15.9 Å². The standard InChI is InChI=1S/C13H10BrN5O2/c14-9-6-17-19(7-9)8-10-2-3-11(21-10)12(20)18-13-15-4-1-5-16-13/h1-7H,8H2,(H,15,16,18,20). The van der Waals surface area contributed by atoms with Crippen LogP contribution in [-0.2, 0) is 6.54 Å². The molecule has 3 aromatic heterocycles. The largest absolute Gasteiger partial charge is 0.454 e. The first-order valence-corrected chi connectivity index (χ1v) is 6.85. The molecular formula is C13H10BrN5O2. The van der Waals surface area contributed by atoms with Crippen molar-refractivity contribution in [2.75, 3.05) is 5.32 Å². The number of amides is 1. The summed E-state index contributed by atoms with van der Waals surface area (Å²) in [6, 6.07) is 5.01. The highest BCUT2D eigenvalue weighted by Crippen LogP contribution is 2.13. The maximum atomic E-state index is 12.0. The summed E-state index contributed by atoms with van der Waals surface area (Å²) in [7, 11) is 0. The summed E-state index contributed by atoms with van der Waals surface area (Å²) in [5, 5.41) is 6.68. The van der Waals surface area contributed by atoms with E-state index >= 15 is 0 Å². The number of carbonyl (C=O) groups is 1. The van der Waals surface area contributed by atoms with E-state index in [1.54, 1.807) is 41.5 Å². The zero-order chi connectivity index (χ0) is 14.7. The topological polar surface area (TPSA) is 85.8 Å². The Bertz CT molecular complexity index is 753. The number of rotatable bonds is 4. The highest BCUT2D eigenvalue weighted by molar-refractivity contribution is 9.10. The third-order valence-corrected chi connectivity index (χ3v) is 3.01. The average molecular weight is 348 g/mol. The van der Waals surface area contributed by atoms with Crippen LogP contribution in [0, 0.1) is 0 Å². The second-order valence-electron chi connectivity index (χ2n) is 4.15. The first kappa shape index (κ1) is 13.5. The molecule has 0 spiro atoms. The van der Waals surface area contributed by atoms with Gasteiger partial charge in [0.05, 0.1) is 17.2 Å². The number of carbonyl (C=O) groups excluding carboxylic acids is 1. The molecule has 1 N–H and O–H groups in total. The third-order valence-electron chi connectivity index (χ3n) is 2.60. The minimum absolute atomic E-state index is 0.198. The number of hydrogen-bond acceptors (Lipinski definition) is 5. The van der Waals surface area contributed by atoms with Gasteiger partial charge in [0.2, 0.25) is 5.95 Å². The van der Waals surface area contributed by atoms with Crippen molar-refractivity contribution >= 4 is 27.8 Å². The van der Waals surface area contributed by atoms with Crippen LogP contribution in [0.2, 0.25) is 0 Å². The summed E-state index contributed by atoms with van der Waals surface area (Å²) in [5.74, 6) is 0.666. The quantitative estimate of drug-likeness (QED) is 0.782. The Morgan fingerprint density at radius 1 is 1.33 bits per heavy atom. The van der Waals surface area contributed by atoms with Crippen LogP contribution in [0.15, 0.2) is 51.9 Å². The van der Waals surface area contributed by atoms with Gasteiger partial charge in [-0.25, -0.2) is 9.97 Å². The Labute approximate surface area is 128 Å². The number of aromatic nitrogens is 4. The van der Waals surface area contributed by atoms with Crippen LogP contribution in [0.4, 0.5) is 5.95 Å². The summed E-state index contributed by atoms with van der Waals surface area (Å²) < 4.78 is 8.07. The summed E-state index contributed by atoms with van der Waals surface area (Å²) in [6.07, 6.45) is 6.60. The van der Waals surface area contributed by atoms with Crippen molar-refractivity contribution in [3.8, 4) is 0 Å². The summed E-state index contributed by atoms with van der Waals surface area (Å²) in [6.45, 7) is 0.445. The predicted molar refractivity (Wildman–Crippen MR) is 77.7 cm³/mol. The number of nitrogens with zero attached hydrogens (tertiary/aromatic N) is 4. The van der Waals surface area contributed by atoms with Gasteiger partial charge < -0.3 is 4.42 Å². The van der Waals surface area contributed by atoms with Crippen molar-refractivity contribution in [1.29, 1.82) is 0 Å². The van der Waals surface area contributed by atoms with Crippen molar-refractivity contribution < 1.29 is 9.21 Å². The van der Waals surface area contributed by atoms with E-state index in [4.69, 9.17) is 4.42 Å². The monoisotopic (exact) mass is 347 g/mol. The number of anilines is 1. The van der Waals surface area contributed by atoms with E-state index < -0.39 is 5.91 Å². The first-order chi connectivity index (χ1) is 10.2. The highest BCUT2D eigenvalue weighted by Gasteiger charge is 2.13. The second kappa shape index (κ2) is 5.88. The minimum Gasteiger partial charge on any atom is -0.454 e. The Kier molecular flexibility index (Phi) is 3.78. The average Bonchev–Trinajstić information content (AvgIpc) is 3.10. The molecule has 3 rings (SSSR count). The van der Waals surface area contributed by atoms with Gasteiger partial charge in [0, 0.05) is 18.6 Å². The summed E-state index contributed by atoms with van der Waals surface area (Å²) in [4.78, 5) is 19.8. The number of nitrogens with one attached hydrogen (secondary N) is 1. The van der Waals surface area contributed by atoms with Crippen LogP contribution < -0.4 is 5.32 Å². The molecule has 0 aliphatic carbocycles. The van der Waals surface area contributed by atoms with Crippen LogP contribution in [0.3, 0.4) is 0 Å². The Morgan fingerprint density at radius 2 is 2.14 bits per heavy atom. The van der Waals surface area contributed by atoms with Gasteiger partial charge in [-0.05, 0) is 34.1 Å². The lowest BCUT2D eigenvalue weighted by atomic mass is 10.4. The van der Waals surface area contributed by atoms with E-state index in [0.29, 0.717) is 12.3 Å². The van der Waals surface area contributed by atoms with Crippen molar-refractivity contribution in [3.05, 3.63) is 59.0 Å². The van der Waals surface area contributed by atoms with Crippen LogP contribution in [0.1, 0.15) is 16.3 Å². The van der Waals surface area contributed by atoms with Gasteiger partial charge >= 0.3 is 0 Å². The van der Waals surface area contributed by atoms with Crippen molar-refractivity contribution in [2.45, 2.75) is 6.54 Å². The molecule has 0 aliphatic rings. The zero-order valence-electron chi connectivity index (χ0n) is 10.7. The third kappa shape index (κ3) is 3.34. The maximum Gasteiger partial charge on any atom is 0.293 e. The minimum atomic E-state index is -0.394. The van der Waals surface area contributed by atoms with Crippen molar-refractivity contribution in [1.82, 2.24) is 19.7 Å². The number of furan rings is 1. The second-order valence-corrected chi connectivity index (χ2v) is 5.06. The van der Waals surface area contributed by atoms with E-state index in [-0.39, 0.29) is 11.7 Å². The molecule has 106 valence electrons. The lowest BCUT2D eigenvalue weighted by Gasteiger charge is -2.00. The molecule has 0 aliphatic heterocycles. The van der Waals surface area contributed by atoms with Crippen molar-refractivity contribution in [3.63, 3.8) is 0 Å². The molecule has 7 nitrogen and oxygen atoms in total. The van der Waals surface area contributed by atoms with Crippen molar-refractivity contribution in [2.24, 2.45) is 0 Å². The fourth-order valence-corrected chi connectivity index (χ4v) is 2.02. The Morgan fingerprint density at radius 3 is 2.86 bits per heavy atom. The molecule has 0 saturated heterocycles. The lowest BCUT2D eigenvalue weighted by Crippen LogP contribution is -2.13. The molecule has 21 heavy (non-hydrogen) atoms. The van der Waals surface area contributed by atoms with Crippen LogP contribution in [0.5, 0.6) is 0 Å². The fourth-order valence-electron chi connectivity index (χ4n) is 1.70. The van der Waals surface area contributed by atoms with E-state index in [9.17, 15) is 4.79 Å². The van der Waals surface area contributed by atoms with Gasteiger partial charge in [-0.15, -0.1) is 0 Å². The number of hydrogen-bond donors (Lipinski definition) is 1. The number of halogens is 1. The Balaban J connectivity index is 1.68. The fraction of sp³-hybridized carbons (Fsp3) is 0.0769. The molecular weight excluding hydrogens is 338 g/mol. The predicted octanol–water partition coefficient (Wildman–Crippen LogP) is 2.33. The smallest absolute Gasteiger partial charge is 0.293 e. The maximum absolute atomic E-state index is 12.0. The molecule has 8 heteroatoms. The lowest BCUT2D eigenvalue weighted by molar-refractivity contribution is 0.0994. The van der Waals surface area contributed by atoms with E-state index in [1.165, 1.54) is 0 Å². The molecule has 0 aromatic carbocycles. The van der Waals surface area contributed by atoms with Gasteiger partial charge in [0.1, 0.15) is 5.76 Å². The molecule has 0 unspecified atom stereocenters. The van der Waals surface area contributed by atoms with Gasteiger partial charge in [-0.2, -0.15) is 5.10 Å². The van der Waals surface area contributed by atoms with Gasteiger partial charge in [-0.1, -0.05) is 0 Å². The molecule has 0 fully saturated rings. The van der Waals surface area contributed by atoms with Crippen LogP contribution in [0.25, 0.3) is 0 Å². The van der Waals surface area contributed by atoms with Gasteiger partial charge in [0.25, 0.3) is 5.91 Å². The molecule has 3 aromatic rings. The van der Waals surface area contributed by atoms with E-state index in [1.807, 2.05) is 6.20 Å². The molecule has 3 heterocycles. The van der Waals surface area contributed by atoms with Crippen LogP contribution in [-0.4, -0.2) is 25.7 Å². The van der Waals surface area contributed by atoms with E-state index in [2.05, 4.69) is 36.3 Å². The summed E-state index contributed by atoms with van der Waals surface area (Å²) in [5.41, 5.74) is 0. The molecule has 0 atom stereocenters. The first-order valence-electron chi connectivity index (χ1n) is 6.06. The van der Waals surface area contributed by atoms with Gasteiger partial charge in [-0.3, -0.25) is 14.8 Å². The highest BCUT2D eigenvalue weighted by atomic mass is 79.9. The molecule has 0 bridgehead atoms. The Hall–Kier alpha value is -2.48. The molecule has 1 amide bonds. The SMILES string of the molecule is O=C(Nc1ncccn1)c1ccc(Cn2cc(Br)cn2)o1. The summed E-state index contributed by atoms with van der Waals surface area (Å²) >= 11 is 3.32. The van der Waals surface area contributed by atoms with Gasteiger partial charge in [0.15, 0.2) is 5.76 Å². The normalized spacial score (nSPS) is 10.5.